The summed E-state index contributed by atoms with van der Waals surface area (Å²) in [6, 6.07) is 13.0. The van der Waals surface area contributed by atoms with Crippen LogP contribution in [0.2, 0.25) is 0 Å². The molecule has 0 radical (unpaired) electrons. The van der Waals surface area contributed by atoms with E-state index in [9.17, 15) is 10.0 Å². The Morgan fingerprint density at radius 1 is 1.00 bits per heavy atom. The van der Waals surface area contributed by atoms with Gasteiger partial charge in [-0.05, 0) is 17.5 Å². The minimum absolute atomic E-state index is 0.410. The van der Waals surface area contributed by atoms with Gasteiger partial charge in [-0.2, -0.15) is 4.73 Å². The highest BCUT2D eigenvalue weighted by Crippen LogP contribution is 2.06. The Hall–Kier alpha value is -2.03. The Labute approximate surface area is 87.2 Å². The highest BCUT2D eigenvalue weighted by molar-refractivity contribution is 5.23. The highest BCUT2D eigenvalue weighted by atomic mass is 16.5. The van der Waals surface area contributed by atoms with Crippen LogP contribution in [0.15, 0.2) is 53.5 Å². The molecule has 2 rings (SSSR count). The average Bonchev–Trinajstić information content (AvgIpc) is 2.25. The number of rotatable bonds is 2. The molecule has 0 saturated heterocycles. The summed E-state index contributed by atoms with van der Waals surface area (Å²) in [5, 5.41) is 9.18. The summed E-state index contributed by atoms with van der Waals surface area (Å²) in [6.07, 6.45) is 2.15. The average molecular weight is 201 g/mol. The zero-order valence-electron chi connectivity index (χ0n) is 8.13. The number of pyridine rings is 1. The van der Waals surface area contributed by atoms with Gasteiger partial charge in [0.15, 0.2) is 0 Å². The second kappa shape index (κ2) is 4.00. The van der Waals surface area contributed by atoms with Crippen molar-refractivity contribution in [2.75, 3.05) is 0 Å². The summed E-state index contributed by atoms with van der Waals surface area (Å²) in [7, 11) is 0. The van der Waals surface area contributed by atoms with E-state index in [4.69, 9.17) is 0 Å². The van der Waals surface area contributed by atoms with Crippen molar-refractivity contribution < 1.29 is 5.21 Å². The Balaban J connectivity index is 2.26. The molecule has 0 bridgehead atoms. The fourth-order valence-corrected chi connectivity index (χ4v) is 1.45. The van der Waals surface area contributed by atoms with Gasteiger partial charge in [-0.3, -0.25) is 4.79 Å². The molecule has 0 unspecified atom stereocenters. The number of aromatic nitrogens is 1. The van der Waals surface area contributed by atoms with Crippen LogP contribution in [0.4, 0.5) is 0 Å². The number of benzene rings is 1. The van der Waals surface area contributed by atoms with E-state index in [2.05, 4.69) is 0 Å². The van der Waals surface area contributed by atoms with Gasteiger partial charge < -0.3 is 5.21 Å². The van der Waals surface area contributed by atoms with Gasteiger partial charge in [-0.15, -0.1) is 0 Å². The SMILES string of the molecule is O=c1ccc(Cc2ccccc2)cn1O. The molecule has 0 atom stereocenters. The van der Waals surface area contributed by atoms with Crippen LogP contribution in [-0.4, -0.2) is 9.94 Å². The molecule has 76 valence electrons. The molecule has 3 nitrogen and oxygen atoms in total. The lowest BCUT2D eigenvalue weighted by Crippen LogP contribution is -2.15. The van der Waals surface area contributed by atoms with Gasteiger partial charge >= 0.3 is 0 Å². The van der Waals surface area contributed by atoms with E-state index in [1.54, 1.807) is 6.07 Å². The molecule has 0 aliphatic carbocycles. The summed E-state index contributed by atoms with van der Waals surface area (Å²) in [4.78, 5) is 10.9. The zero-order valence-corrected chi connectivity index (χ0v) is 8.13. The first-order valence-electron chi connectivity index (χ1n) is 4.70. The predicted molar refractivity (Wildman–Crippen MR) is 57.1 cm³/mol. The van der Waals surface area contributed by atoms with Crippen LogP contribution in [0.3, 0.4) is 0 Å². The summed E-state index contributed by atoms with van der Waals surface area (Å²) >= 11 is 0. The first-order chi connectivity index (χ1) is 7.25. The molecule has 0 spiro atoms. The van der Waals surface area contributed by atoms with E-state index in [0.29, 0.717) is 11.2 Å². The first-order valence-corrected chi connectivity index (χ1v) is 4.70. The molecule has 0 aliphatic heterocycles. The third-order valence-electron chi connectivity index (χ3n) is 2.20. The van der Waals surface area contributed by atoms with Crippen LogP contribution < -0.4 is 5.56 Å². The second-order valence-corrected chi connectivity index (χ2v) is 3.38. The van der Waals surface area contributed by atoms with Gasteiger partial charge in [0.25, 0.3) is 5.56 Å². The van der Waals surface area contributed by atoms with E-state index in [-0.39, 0.29) is 0 Å². The minimum Gasteiger partial charge on any atom is -0.425 e. The van der Waals surface area contributed by atoms with Crippen LogP contribution in [0.5, 0.6) is 0 Å². The van der Waals surface area contributed by atoms with Crippen LogP contribution in [0.25, 0.3) is 0 Å². The maximum Gasteiger partial charge on any atom is 0.282 e. The largest absolute Gasteiger partial charge is 0.425 e. The molecule has 1 heterocycles. The Bertz CT molecular complexity index is 503. The topological polar surface area (TPSA) is 42.2 Å². The molecule has 0 amide bonds. The first kappa shape index (κ1) is 9.52. The maximum absolute atomic E-state index is 10.9. The Morgan fingerprint density at radius 3 is 2.40 bits per heavy atom. The molecule has 1 N–H and O–H groups in total. The molecule has 0 fully saturated rings. The normalized spacial score (nSPS) is 10.1. The van der Waals surface area contributed by atoms with Crippen molar-refractivity contribution in [3.8, 4) is 0 Å². The fraction of sp³-hybridized carbons (Fsp3) is 0.0833. The van der Waals surface area contributed by atoms with Gasteiger partial charge in [0, 0.05) is 6.07 Å². The third kappa shape index (κ3) is 2.26. The summed E-state index contributed by atoms with van der Waals surface area (Å²) in [5.41, 5.74) is 1.64. The van der Waals surface area contributed by atoms with Crippen molar-refractivity contribution in [3.05, 3.63) is 70.1 Å². The smallest absolute Gasteiger partial charge is 0.282 e. The predicted octanol–water partition coefficient (Wildman–Crippen LogP) is 1.68. The molecule has 1 aromatic carbocycles. The van der Waals surface area contributed by atoms with Crippen molar-refractivity contribution in [2.45, 2.75) is 6.42 Å². The van der Waals surface area contributed by atoms with E-state index >= 15 is 0 Å². The monoisotopic (exact) mass is 201 g/mol. The van der Waals surface area contributed by atoms with Crippen molar-refractivity contribution in [2.24, 2.45) is 0 Å². The van der Waals surface area contributed by atoms with E-state index in [1.807, 2.05) is 30.3 Å². The summed E-state index contributed by atoms with van der Waals surface area (Å²) < 4.78 is 0.609. The summed E-state index contributed by atoms with van der Waals surface area (Å²) in [6.45, 7) is 0. The fourth-order valence-electron chi connectivity index (χ4n) is 1.45. The van der Waals surface area contributed by atoms with E-state index in [1.165, 1.54) is 12.3 Å². The molecule has 1 aromatic heterocycles. The van der Waals surface area contributed by atoms with Crippen molar-refractivity contribution >= 4 is 0 Å². The van der Waals surface area contributed by atoms with Crippen molar-refractivity contribution in [1.29, 1.82) is 0 Å². The quantitative estimate of drug-likeness (QED) is 0.751. The number of nitrogens with zero attached hydrogens (tertiary/aromatic N) is 1. The molecular formula is C12H11NO2. The molecule has 0 aliphatic rings. The van der Waals surface area contributed by atoms with Crippen LogP contribution in [-0.2, 0) is 6.42 Å². The third-order valence-corrected chi connectivity index (χ3v) is 2.20. The van der Waals surface area contributed by atoms with Crippen molar-refractivity contribution in [3.63, 3.8) is 0 Å². The van der Waals surface area contributed by atoms with Gasteiger partial charge in [-0.1, -0.05) is 36.4 Å². The maximum atomic E-state index is 10.9. The molecule has 15 heavy (non-hydrogen) atoms. The van der Waals surface area contributed by atoms with Crippen LogP contribution in [0.1, 0.15) is 11.1 Å². The van der Waals surface area contributed by atoms with Gasteiger partial charge in [-0.25, -0.2) is 0 Å². The van der Waals surface area contributed by atoms with Gasteiger partial charge in [0.2, 0.25) is 0 Å². The van der Waals surface area contributed by atoms with E-state index in [0.717, 1.165) is 11.1 Å². The molecular weight excluding hydrogens is 190 g/mol. The Kier molecular flexibility index (Phi) is 2.54. The number of hydrogen-bond acceptors (Lipinski definition) is 2. The molecule has 0 saturated carbocycles. The highest BCUT2D eigenvalue weighted by Gasteiger charge is 1.98. The Morgan fingerprint density at radius 2 is 1.73 bits per heavy atom. The van der Waals surface area contributed by atoms with Gasteiger partial charge in [0.05, 0.1) is 6.20 Å². The van der Waals surface area contributed by atoms with Crippen LogP contribution >= 0.6 is 0 Å². The zero-order chi connectivity index (χ0) is 10.7. The lowest BCUT2D eigenvalue weighted by molar-refractivity contribution is 0.174. The molecule has 2 aromatic rings. The lowest BCUT2D eigenvalue weighted by atomic mass is 10.1. The molecule has 3 heteroatoms. The summed E-state index contributed by atoms with van der Waals surface area (Å²) in [5.74, 6) is 0. The van der Waals surface area contributed by atoms with Crippen molar-refractivity contribution in [1.82, 2.24) is 4.73 Å². The standard InChI is InChI=1S/C12H11NO2/c14-12-7-6-11(9-13(12)15)8-10-4-2-1-3-5-10/h1-7,9,15H,8H2. The van der Waals surface area contributed by atoms with E-state index < -0.39 is 5.56 Å². The minimum atomic E-state index is -0.410. The lowest BCUT2D eigenvalue weighted by Gasteiger charge is -2.02. The second-order valence-electron chi connectivity index (χ2n) is 3.38. The number of hydrogen-bond donors (Lipinski definition) is 1. The van der Waals surface area contributed by atoms with Gasteiger partial charge in [0.1, 0.15) is 0 Å². The van der Waals surface area contributed by atoms with Crippen LogP contribution in [0, 0.1) is 0 Å².